The van der Waals surface area contributed by atoms with E-state index in [4.69, 9.17) is 19.9 Å². The Morgan fingerprint density at radius 1 is 1.00 bits per heavy atom. The van der Waals surface area contributed by atoms with Crippen molar-refractivity contribution in [3.05, 3.63) is 116 Å². The quantitative estimate of drug-likeness (QED) is 0.328. The number of carbonyl (C=O) groups is 3. The molecule has 5 rings (SSSR count). The van der Waals surface area contributed by atoms with Crippen LogP contribution in [0.3, 0.4) is 0 Å². The third kappa shape index (κ3) is 5.78. The molecule has 1 aliphatic heterocycles. The van der Waals surface area contributed by atoms with Gasteiger partial charge in [0.15, 0.2) is 0 Å². The van der Waals surface area contributed by atoms with Crippen LogP contribution in [0.4, 0.5) is 10.1 Å². The minimum Gasteiger partial charge on any atom is -0.404 e. The molecular formula is C29H20FN5O8. The summed E-state index contributed by atoms with van der Waals surface area (Å²) in [7, 11) is 0. The average molecular weight is 586 g/mol. The van der Waals surface area contributed by atoms with Crippen LogP contribution < -0.4 is 26.5 Å². The number of rotatable bonds is 6. The van der Waals surface area contributed by atoms with Crippen LogP contribution in [-0.4, -0.2) is 38.6 Å². The number of nitriles is 1. The maximum absolute atomic E-state index is 14.5. The van der Waals surface area contributed by atoms with Gasteiger partial charge in [-0.15, -0.1) is 0 Å². The van der Waals surface area contributed by atoms with Gasteiger partial charge in [-0.05, 0) is 43.2 Å². The monoisotopic (exact) mass is 585 g/mol. The van der Waals surface area contributed by atoms with Crippen LogP contribution in [0, 0.1) is 17.1 Å². The molecule has 0 aliphatic carbocycles. The number of halogens is 1. The minimum absolute atomic E-state index is 0.113. The number of hydrogen-bond donors (Lipinski definition) is 1. The van der Waals surface area contributed by atoms with Gasteiger partial charge in [0, 0.05) is 18.2 Å². The zero-order valence-electron chi connectivity index (χ0n) is 22.1. The third-order valence-electron chi connectivity index (χ3n) is 6.34. The summed E-state index contributed by atoms with van der Waals surface area (Å²) in [5.41, 5.74) is 2.39. The first-order valence-corrected chi connectivity index (χ1v) is 12.7. The van der Waals surface area contributed by atoms with Crippen molar-refractivity contribution in [2.45, 2.75) is 19.1 Å². The molecule has 4 aromatic rings. The zero-order chi connectivity index (χ0) is 30.7. The fraction of sp³-hybridized carbons (Fsp3) is 0.138. The Morgan fingerprint density at radius 2 is 1.70 bits per heavy atom. The predicted molar refractivity (Wildman–Crippen MR) is 145 cm³/mol. The highest BCUT2D eigenvalue weighted by molar-refractivity contribution is 5.99. The van der Waals surface area contributed by atoms with E-state index in [0.717, 1.165) is 16.7 Å². The molecule has 1 fully saturated rings. The Labute approximate surface area is 241 Å². The highest BCUT2D eigenvalue weighted by Crippen LogP contribution is 2.28. The first-order chi connectivity index (χ1) is 20.7. The van der Waals surface area contributed by atoms with Gasteiger partial charge in [-0.1, -0.05) is 24.3 Å². The van der Waals surface area contributed by atoms with Crippen molar-refractivity contribution in [1.29, 1.82) is 5.26 Å². The lowest BCUT2D eigenvalue weighted by atomic mass is 10.1. The van der Waals surface area contributed by atoms with Crippen LogP contribution in [0.5, 0.6) is 11.8 Å². The Bertz CT molecular complexity index is 1920. The molecule has 0 bridgehead atoms. The summed E-state index contributed by atoms with van der Waals surface area (Å²) in [4.78, 5) is 68.1. The molecule has 0 amide bonds. The first kappa shape index (κ1) is 28.6. The predicted octanol–water partition coefficient (Wildman–Crippen LogP) is 2.43. The molecule has 216 valence electrons. The average Bonchev–Trinajstić information content (AvgIpc) is 3.54. The maximum atomic E-state index is 14.5. The number of esters is 2. The molecule has 3 heterocycles. The number of carbonyl (C=O) groups excluding carboxylic acids is 3. The van der Waals surface area contributed by atoms with Gasteiger partial charge in [0.1, 0.15) is 17.9 Å². The second kappa shape index (κ2) is 11.9. The number of anilines is 1. The van der Waals surface area contributed by atoms with Gasteiger partial charge >= 0.3 is 17.6 Å². The molecule has 1 aliphatic rings. The number of aromatic nitrogens is 3. The van der Waals surface area contributed by atoms with Gasteiger partial charge in [0.25, 0.3) is 11.5 Å². The highest BCUT2D eigenvalue weighted by Gasteiger charge is 2.26. The van der Waals surface area contributed by atoms with Crippen molar-refractivity contribution in [3.8, 4) is 17.8 Å². The summed E-state index contributed by atoms with van der Waals surface area (Å²) in [6.45, 7) is 0.322. The van der Waals surface area contributed by atoms with Crippen LogP contribution in [0.1, 0.15) is 55.7 Å². The summed E-state index contributed by atoms with van der Waals surface area (Å²) in [5, 5.41) is 9.53. The molecule has 1 unspecified atom stereocenters. The van der Waals surface area contributed by atoms with Crippen molar-refractivity contribution in [3.63, 3.8) is 0 Å². The molecule has 1 saturated heterocycles. The highest BCUT2D eigenvalue weighted by atomic mass is 19.1. The summed E-state index contributed by atoms with van der Waals surface area (Å²) in [6, 6.07) is 15.5. The lowest BCUT2D eigenvalue weighted by Gasteiger charge is -2.15. The number of nitrogen functional groups attached to an aromatic ring is 1. The Hall–Kier alpha value is -5.94. The molecule has 0 radical (unpaired) electrons. The van der Waals surface area contributed by atoms with E-state index in [1.54, 1.807) is 24.3 Å². The van der Waals surface area contributed by atoms with E-state index in [9.17, 15) is 33.6 Å². The van der Waals surface area contributed by atoms with Gasteiger partial charge in [-0.2, -0.15) is 19.2 Å². The molecule has 43 heavy (non-hydrogen) atoms. The topological polar surface area (TPSA) is 186 Å². The largest absolute Gasteiger partial charge is 0.404 e. The molecule has 1 atom stereocenters. The van der Waals surface area contributed by atoms with E-state index in [0.29, 0.717) is 25.6 Å². The summed E-state index contributed by atoms with van der Waals surface area (Å²) >= 11 is 0. The standard InChI is InChI=1S/C29H20FN5O8/c30-20-15-34(23-10-5-11-41-23)29(40)35(26(20)37)25(36)17-8-4-9-18(12-17)28(39)43-24-19(14-31)21(32)13-22(33-24)42-27(38)16-6-2-1-3-7-16/h1-4,6-9,12-13,15,23H,5,10-11H2,(H2,32,33). The normalized spacial score (nSPS) is 14.1. The number of benzene rings is 2. The molecular weight excluding hydrogens is 565 g/mol. The molecule has 13 nitrogen and oxygen atoms in total. The van der Waals surface area contributed by atoms with Crippen molar-refractivity contribution in [2.75, 3.05) is 12.3 Å². The number of nitrogens with zero attached hydrogens (tertiary/aromatic N) is 4. The molecule has 0 saturated carbocycles. The number of pyridine rings is 1. The zero-order valence-corrected chi connectivity index (χ0v) is 22.1. The molecule has 14 heteroatoms. The van der Waals surface area contributed by atoms with Crippen LogP contribution >= 0.6 is 0 Å². The van der Waals surface area contributed by atoms with E-state index >= 15 is 0 Å². The lowest BCUT2D eigenvalue weighted by molar-refractivity contribution is 0.0501. The fourth-order valence-corrected chi connectivity index (χ4v) is 4.25. The third-order valence-corrected chi connectivity index (χ3v) is 6.34. The summed E-state index contributed by atoms with van der Waals surface area (Å²) < 4.78 is 31.3. The first-order valence-electron chi connectivity index (χ1n) is 12.7. The van der Waals surface area contributed by atoms with Crippen LogP contribution in [-0.2, 0) is 4.74 Å². The second-order valence-electron chi connectivity index (χ2n) is 9.15. The Kier molecular flexibility index (Phi) is 7.90. The van der Waals surface area contributed by atoms with E-state index < -0.39 is 47.0 Å². The summed E-state index contributed by atoms with van der Waals surface area (Å²) in [6.07, 6.45) is 0.820. The molecule has 2 aromatic carbocycles. The van der Waals surface area contributed by atoms with Crippen LogP contribution in [0.2, 0.25) is 0 Å². The molecule has 2 N–H and O–H groups in total. The van der Waals surface area contributed by atoms with Crippen molar-refractivity contribution in [1.82, 2.24) is 14.1 Å². The van der Waals surface area contributed by atoms with Gasteiger partial charge in [-0.3, -0.25) is 14.2 Å². The van der Waals surface area contributed by atoms with Gasteiger partial charge in [-0.25, -0.2) is 14.4 Å². The van der Waals surface area contributed by atoms with E-state index in [-0.39, 0.29) is 38.4 Å². The summed E-state index contributed by atoms with van der Waals surface area (Å²) in [5.74, 6) is -5.39. The van der Waals surface area contributed by atoms with E-state index in [1.165, 1.54) is 30.3 Å². The second-order valence-corrected chi connectivity index (χ2v) is 9.15. The Morgan fingerprint density at radius 3 is 2.40 bits per heavy atom. The van der Waals surface area contributed by atoms with Gasteiger partial charge < -0.3 is 19.9 Å². The van der Waals surface area contributed by atoms with Crippen LogP contribution in [0.25, 0.3) is 0 Å². The van der Waals surface area contributed by atoms with Crippen molar-refractivity contribution < 1.29 is 33.0 Å². The van der Waals surface area contributed by atoms with Gasteiger partial charge in [0.05, 0.1) is 23.0 Å². The molecule has 0 spiro atoms. The fourth-order valence-electron chi connectivity index (χ4n) is 4.25. The number of ether oxygens (including phenoxy) is 3. The minimum atomic E-state index is -1.47. The molecule has 2 aromatic heterocycles. The smallest absolute Gasteiger partial charge is 0.344 e. The SMILES string of the molecule is N#Cc1c(N)cc(OC(=O)c2ccccc2)nc1OC(=O)c1cccc(C(=O)n2c(=O)c(F)cn(C3CCCO3)c2=O)c1. The van der Waals surface area contributed by atoms with Gasteiger partial charge in [0.2, 0.25) is 17.6 Å². The van der Waals surface area contributed by atoms with Crippen molar-refractivity contribution >= 4 is 23.5 Å². The van der Waals surface area contributed by atoms with Crippen LogP contribution in [0.15, 0.2) is 76.4 Å². The lowest BCUT2D eigenvalue weighted by Crippen LogP contribution is -2.46. The Balaban J connectivity index is 1.43. The van der Waals surface area contributed by atoms with E-state index in [1.807, 2.05) is 0 Å². The number of hydrogen-bond acceptors (Lipinski definition) is 11. The van der Waals surface area contributed by atoms with E-state index in [2.05, 4.69) is 4.98 Å². The van der Waals surface area contributed by atoms with Crippen molar-refractivity contribution in [2.24, 2.45) is 0 Å². The number of nitrogens with two attached hydrogens (primary N) is 1. The maximum Gasteiger partial charge on any atom is 0.344 e.